The summed E-state index contributed by atoms with van der Waals surface area (Å²) < 4.78 is 0. The van der Waals surface area contributed by atoms with Crippen LogP contribution in [0.5, 0.6) is 0 Å². The third kappa shape index (κ3) is 2.85. The number of rotatable bonds is 2. The van der Waals surface area contributed by atoms with Crippen molar-refractivity contribution in [2.24, 2.45) is 0 Å². The molecule has 1 fully saturated rings. The van der Waals surface area contributed by atoms with Crippen LogP contribution in [0.15, 0.2) is 36.7 Å². The predicted octanol–water partition coefficient (Wildman–Crippen LogP) is 2.77. The van der Waals surface area contributed by atoms with E-state index in [0.717, 1.165) is 32.1 Å². The Labute approximate surface area is 124 Å². The normalized spacial score (nSPS) is 15.5. The molecule has 0 saturated carbocycles. The number of aromatic nitrogens is 2. The fraction of sp³-hybridized carbons (Fsp3) is 0.333. The van der Waals surface area contributed by atoms with Crippen molar-refractivity contribution in [1.82, 2.24) is 9.97 Å². The number of nitrogens with zero attached hydrogens (tertiary/aromatic N) is 4. The molecule has 20 heavy (non-hydrogen) atoms. The fourth-order valence-electron chi connectivity index (χ4n) is 2.46. The molecule has 0 unspecified atom stereocenters. The van der Waals surface area contributed by atoms with Crippen LogP contribution in [-0.2, 0) is 0 Å². The maximum atomic E-state index is 5.82. The molecule has 1 saturated heterocycles. The van der Waals surface area contributed by atoms with Gasteiger partial charge < -0.3 is 9.80 Å². The molecule has 1 aromatic heterocycles. The van der Waals surface area contributed by atoms with Gasteiger partial charge in [0.1, 0.15) is 0 Å². The number of hydrogen-bond acceptors (Lipinski definition) is 4. The Morgan fingerprint density at radius 1 is 1.00 bits per heavy atom. The SMILES string of the molecule is Cc1cccc(N2CCN(c3ncc(Cl)cn3)CC2)c1. The van der Waals surface area contributed by atoms with Gasteiger partial charge in [0.15, 0.2) is 0 Å². The number of aryl methyl sites for hydroxylation is 1. The maximum Gasteiger partial charge on any atom is 0.225 e. The Balaban J connectivity index is 1.66. The van der Waals surface area contributed by atoms with Gasteiger partial charge in [-0.1, -0.05) is 23.7 Å². The summed E-state index contributed by atoms with van der Waals surface area (Å²) in [7, 11) is 0. The van der Waals surface area contributed by atoms with Gasteiger partial charge >= 0.3 is 0 Å². The van der Waals surface area contributed by atoms with Crippen LogP contribution < -0.4 is 9.80 Å². The minimum atomic E-state index is 0.576. The van der Waals surface area contributed by atoms with E-state index in [-0.39, 0.29) is 0 Å². The van der Waals surface area contributed by atoms with Gasteiger partial charge in [-0.2, -0.15) is 0 Å². The predicted molar refractivity (Wildman–Crippen MR) is 82.6 cm³/mol. The summed E-state index contributed by atoms with van der Waals surface area (Å²) >= 11 is 5.82. The Hall–Kier alpha value is -1.81. The molecule has 0 spiro atoms. The van der Waals surface area contributed by atoms with Crippen LogP contribution in [-0.4, -0.2) is 36.1 Å². The molecule has 3 rings (SSSR count). The topological polar surface area (TPSA) is 32.3 Å². The van der Waals surface area contributed by atoms with E-state index >= 15 is 0 Å². The van der Waals surface area contributed by atoms with Crippen molar-refractivity contribution >= 4 is 23.2 Å². The van der Waals surface area contributed by atoms with E-state index in [1.165, 1.54) is 11.3 Å². The molecule has 1 aliphatic rings. The molecule has 0 N–H and O–H groups in total. The molecule has 2 heterocycles. The smallest absolute Gasteiger partial charge is 0.225 e. The number of halogens is 1. The van der Waals surface area contributed by atoms with Crippen LogP contribution in [0.2, 0.25) is 5.02 Å². The first-order valence-corrected chi connectivity index (χ1v) is 7.14. The Morgan fingerprint density at radius 2 is 1.65 bits per heavy atom. The summed E-state index contributed by atoms with van der Waals surface area (Å²) in [6.07, 6.45) is 3.30. The second-order valence-electron chi connectivity index (χ2n) is 5.01. The van der Waals surface area contributed by atoms with Gasteiger partial charge in [0.25, 0.3) is 0 Å². The number of piperazine rings is 1. The zero-order valence-electron chi connectivity index (χ0n) is 11.5. The highest BCUT2D eigenvalue weighted by Crippen LogP contribution is 2.19. The van der Waals surface area contributed by atoms with Crippen molar-refractivity contribution < 1.29 is 0 Å². The molecular formula is C15H17ClN4. The van der Waals surface area contributed by atoms with E-state index in [1.54, 1.807) is 12.4 Å². The highest BCUT2D eigenvalue weighted by atomic mass is 35.5. The first kappa shape index (κ1) is 13.2. The fourth-order valence-corrected chi connectivity index (χ4v) is 2.56. The molecule has 0 aliphatic carbocycles. The lowest BCUT2D eigenvalue weighted by Crippen LogP contribution is -2.47. The largest absolute Gasteiger partial charge is 0.368 e. The van der Waals surface area contributed by atoms with Crippen LogP contribution in [0, 0.1) is 6.92 Å². The van der Waals surface area contributed by atoms with E-state index in [4.69, 9.17) is 11.6 Å². The number of hydrogen-bond donors (Lipinski definition) is 0. The van der Waals surface area contributed by atoms with E-state index in [0.29, 0.717) is 5.02 Å². The average Bonchev–Trinajstić information content (AvgIpc) is 2.48. The minimum absolute atomic E-state index is 0.576. The zero-order valence-corrected chi connectivity index (χ0v) is 12.2. The summed E-state index contributed by atoms with van der Waals surface area (Å²) in [5.41, 5.74) is 2.59. The number of benzene rings is 1. The van der Waals surface area contributed by atoms with Gasteiger partial charge in [0, 0.05) is 31.9 Å². The number of anilines is 2. The quantitative estimate of drug-likeness (QED) is 0.851. The Morgan fingerprint density at radius 3 is 2.30 bits per heavy atom. The highest BCUT2D eigenvalue weighted by Gasteiger charge is 2.19. The average molecular weight is 289 g/mol. The van der Waals surface area contributed by atoms with Crippen molar-refractivity contribution in [2.75, 3.05) is 36.0 Å². The van der Waals surface area contributed by atoms with Crippen LogP contribution in [0.25, 0.3) is 0 Å². The third-order valence-electron chi connectivity index (χ3n) is 3.54. The molecule has 0 bridgehead atoms. The van der Waals surface area contributed by atoms with E-state index in [1.807, 2.05) is 0 Å². The molecule has 4 nitrogen and oxygen atoms in total. The van der Waals surface area contributed by atoms with Gasteiger partial charge in [0.05, 0.1) is 17.4 Å². The van der Waals surface area contributed by atoms with Crippen LogP contribution in [0.1, 0.15) is 5.56 Å². The molecular weight excluding hydrogens is 272 g/mol. The van der Waals surface area contributed by atoms with Gasteiger partial charge in [0.2, 0.25) is 5.95 Å². The van der Waals surface area contributed by atoms with Crippen molar-refractivity contribution in [3.63, 3.8) is 0 Å². The van der Waals surface area contributed by atoms with E-state index in [2.05, 4.69) is 51.0 Å². The van der Waals surface area contributed by atoms with E-state index < -0.39 is 0 Å². The Bertz CT molecular complexity index is 577. The van der Waals surface area contributed by atoms with Crippen molar-refractivity contribution in [1.29, 1.82) is 0 Å². The lowest BCUT2D eigenvalue weighted by molar-refractivity contribution is 0.640. The molecule has 1 aromatic carbocycles. The van der Waals surface area contributed by atoms with Gasteiger partial charge in [-0.05, 0) is 24.6 Å². The summed E-state index contributed by atoms with van der Waals surface area (Å²) in [5.74, 6) is 0.762. The molecule has 5 heteroatoms. The van der Waals surface area contributed by atoms with Gasteiger partial charge in [-0.3, -0.25) is 0 Å². The Kier molecular flexibility index (Phi) is 3.74. The van der Waals surface area contributed by atoms with Crippen LogP contribution >= 0.6 is 11.6 Å². The van der Waals surface area contributed by atoms with Crippen LogP contribution in [0.4, 0.5) is 11.6 Å². The minimum Gasteiger partial charge on any atom is -0.368 e. The lowest BCUT2D eigenvalue weighted by Gasteiger charge is -2.36. The summed E-state index contributed by atoms with van der Waals surface area (Å²) in [6, 6.07) is 8.64. The molecule has 104 valence electrons. The maximum absolute atomic E-state index is 5.82. The first-order chi connectivity index (χ1) is 9.72. The summed E-state index contributed by atoms with van der Waals surface area (Å²) in [6.45, 7) is 5.94. The second-order valence-corrected chi connectivity index (χ2v) is 5.45. The monoisotopic (exact) mass is 288 g/mol. The second kappa shape index (κ2) is 5.67. The van der Waals surface area contributed by atoms with Gasteiger partial charge in [-0.15, -0.1) is 0 Å². The molecule has 0 amide bonds. The molecule has 0 radical (unpaired) electrons. The lowest BCUT2D eigenvalue weighted by atomic mass is 10.2. The van der Waals surface area contributed by atoms with Gasteiger partial charge in [-0.25, -0.2) is 9.97 Å². The highest BCUT2D eigenvalue weighted by molar-refractivity contribution is 6.30. The molecule has 2 aromatic rings. The summed E-state index contributed by atoms with van der Waals surface area (Å²) in [5, 5.41) is 0.576. The van der Waals surface area contributed by atoms with Crippen molar-refractivity contribution in [2.45, 2.75) is 6.92 Å². The third-order valence-corrected chi connectivity index (χ3v) is 3.73. The van der Waals surface area contributed by atoms with E-state index in [9.17, 15) is 0 Å². The standard InChI is InChI=1S/C15H17ClN4/c1-12-3-2-4-14(9-12)19-5-7-20(8-6-19)15-17-10-13(16)11-18-15/h2-4,9-11H,5-8H2,1H3. The van der Waals surface area contributed by atoms with Crippen LogP contribution in [0.3, 0.4) is 0 Å². The first-order valence-electron chi connectivity index (χ1n) is 6.76. The summed E-state index contributed by atoms with van der Waals surface area (Å²) in [4.78, 5) is 13.2. The zero-order chi connectivity index (χ0) is 13.9. The van der Waals surface area contributed by atoms with Crippen molar-refractivity contribution in [3.05, 3.63) is 47.2 Å². The molecule has 1 aliphatic heterocycles. The van der Waals surface area contributed by atoms with Crippen molar-refractivity contribution in [3.8, 4) is 0 Å². The molecule has 0 atom stereocenters.